The fraction of sp³-hybridized carbons (Fsp3) is 0.500. The number of H-pyrrole nitrogens is 1. The molecule has 2 aliphatic heterocycles. The lowest BCUT2D eigenvalue weighted by Crippen LogP contribution is -2.51. The van der Waals surface area contributed by atoms with Crippen molar-refractivity contribution in [3.63, 3.8) is 0 Å². The fourth-order valence-electron chi connectivity index (χ4n) is 3.46. The van der Waals surface area contributed by atoms with Crippen molar-refractivity contribution in [1.29, 1.82) is 0 Å². The molecule has 0 aliphatic carbocycles. The van der Waals surface area contributed by atoms with Crippen molar-refractivity contribution in [2.45, 2.75) is 31.8 Å². The van der Waals surface area contributed by atoms with Crippen LogP contribution in [0.4, 0.5) is 5.69 Å². The van der Waals surface area contributed by atoms with Gasteiger partial charge in [-0.05, 0) is 31.4 Å². The van der Waals surface area contributed by atoms with Crippen LogP contribution in [0.1, 0.15) is 18.4 Å². The highest BCUT2D eigenvalue weighted by atomic mass is 15.2. The Labute approximate surface area is 106 Å². The van der Waals surface area contributed by atoms with Gasteiger partial charge in [0.25, 0.3) is 0 Å². The van der Waals surface area contributed by atoms with Gasteiger partial charge in [-0.3, -0.25) is 0 Å². The average molecular weight is 242 g/mol. The molecule has 0 radical (unpaired) electrons. The number of hydrogen-bond donors (Lipinski definition) is 2. The van der Waals surface area contributed by atoms with Gasteiger partial charge >= 0.3 is 0 Å². The Kier molecular flexibility index (Phi) is 2.14. The normalized spacial score (nSPS) is 27.1. The smallest absolute Gasteiger partial charge is 0.139 e. The number of rotatable bonds is 1. The number of aryl methyl sites for hydroxylation is 1. The molecule has 2 bridgehead atoms. The molecule has 2 aromatic rings. The van der Waals surface area contributed by atoms with E-state index in [1.807, 2.05) is 6.20 Å². The molecule has 0 spiro atoms. The second-order valence-electron chi connectivity index (χ2n) is 5.57. The summed E-state index contributed by atoms with van der Waals surface area (Å²) in [5.41, 5.74) is 3.65. The van der Waals surface area contributed by atoms with Gasteiger partial charge in [-0.25, -0.2) is 4.98 Å². The standard InChI is InChI=1S/C14H18N4/c1-9-6-16-14-13(9)12(4-5-15-14)18-7-10-2-3-11(8-18)17-10/h4-6,10-11,17H,2-3,7-8H2,1H3,(H,15,16). The highest BCUT2D eigenvalue weighted by Gasteiger charge is 2.32. The van der Waals surface area contributed by atoms with E-state index in [0.717, 1.165) is 18.7 Å². The van der Waals surface area contributed by atoms with Gasteiger partial charge < -0.3 is 15.2 Å². The van der Waals surface area contributed by atoms with Gasteiger partial charge in [0.15, 0.2) is 0 Å². The molecule has 0 aromatic carbocycles. The van der Waals surface area contributed by atoms with Gasteiger partial charge in [-0.1, -0.05) is 0 Å². The van der Waals surface area contributed by atoms with Crippen LogP contribution in [0, 0.1) is 6.92 Å². The molecule has 2 aliphatic rings. The number of pyridine rings is 1. The number of aromatic nitrogens is 2. The topological polar surface area (TPSA) is 44.0 Å². The monoisotopic (exact) mass is 242 g/mol. The molecule has 94 valence electrons. The number of hydrogen-bond acceptors (Lipinski definition) is 3. The second-order valence-corrected chi connectivity index (χ2v) is 5.57. The Hall–Kier alpha value is -1.55. The molecule has 4 rings (SSSR count). The third-order valence-corrected chi connectivity index (χ3v) is 4.31. The predicted octanol–water partition coefficient (Wildman–Crippen LogP) is 1.81. The van der Waals surface area contributed by atoms with E-state index in [4.69, 9.17) is 0 Å². The van der Waals surface area contributed by atoms with Crippen LogP contribution in [-0.4, -0.2) is 35.1 Å². The van der Waals surface area contributed by atoms with Crippen molar-refractivity contribution in [3.05, 3.63) is 24.0 Å². The van der Waals surface area contributed by atoms with Gasteiger partial charge in [-0.2, -0.15) is 0 Å². The molecule has 0 amide bonds. The lowest BCUT2D eigenvalue weighted by molar-refractivity contribution is 0.466. The maximum absolute atomic E-state index is 4.41. The summed E-state index contributed by atoms with van der Waals surface area (Å²) in [5.74, 6) is 0. The summed E-state index contributed by atoms with van der Waals surface area (Å²) in [5, 5.41) is 4.97. The van der Waals surface area contributed by atoms with Crippen LogP contribution < -0.4 is 10.2 Å². The largest absolute Gasteiger partial charge is 0.368 e. The van der Waals surface area contributed by atoms with Gasteiger partial charge in [0.2, 0.25) is 0 Å². The Morgan fingerprint density at radius 3 is 2.83 bits per heavy atom. The van der Waals surface area contributed by atoms with E-state index in [9.17, 15) is 0 Å². The molecule has 0 saturated carbocycles. The minimum Gasteiger partial charge on any atom is -0.368 e. The molecule has 4 heteroatoms. The lowest BCUT2D eigenvalue weighted by Gasteiger charge is -2.35. The van der Waals surface area contributed by atoms with Gasteiger partial charge in [0.1, 0.15) is 5.65 Å². The van der Waals surface area contributed by atoms with E-state index in [0.29, 0.717) is 12.1 Å². The van der Waals surface area contributed by atoms with Gasteiger partial charge in [-0.15, -0.1) is 0 Å². The first kappa shape index (κ1) is 10.4. The quantitative estimate of drug-likeness (QED) is 0.801. The summed E-state index contributed by atoms with van der Waals surface area (Å²) >= 11 is 0. The van der Waals surface area contributed by atoms with E-state index in [1.165, 1.54) is 29.5 Å². The summed E-state index contributed by atoms with van der Waals surface area (Å²) < 4.78 is 0. The number of fused-ring (bicyclic) bond motifs is 3. The van der Waals surface area contributed by atoms with Crippen LogP contribution in [0.15, 0.2) is 18.5 Å². The van der Waals surface area contributed by atoms with Crippen LogP contribution in [0.2, 0.25) is 0 Å². The van der Waals surface area contributed by atoms with E-state index in [2.05, 4.69) is 39.4 Å². The van der Waals surface area contributed by atoms with Gasteiger partial charge in [0.05, 0.1) is 0 Å². The third kappa shape index (κ3) is 1.45. The number of piperazine rings is 1. The van der Waals surface area contributed by atoms with Crippen LogP contribution in [0.3, 0.4) is 0 Å². The summed E-state index contributed by atoms with van der Waals surface area (Å²) in [6.07, 6.45) is 6.61. The van der Waals surface area contributed by atoms with Crippen LogP contribution in [0.25, 0.3) is 11.0 Å². The van der Waals surface area contributed by atoms with E-state index >= 15 is 0 Å². The Morgan fingerprint density at radius 1 is 1.28 bits per heavy atom. The van der Waals surface area contributed by atoms with Crippen LogP contribution in [0.5, 0.6) is 0 Å². The number of anilines is 1. The number of nitrogens with zero attached hydrogens (tertiary/aromatic N) is 2. The van der Waals surface area contributed by atoms with Crippen molar-refractivity contribution in [2.75, 3.05) is 18.0 Å². The molecule has 2 unspecified atom stereocenters. The van der Waals surface area contributed by atoms with Crippen molar-refractivity contribution in [2.24, 2.45) is 0 Å². The molecule has 4 heterocycles. The summed E-state index contributed by atoms with van der Waals surface area (Å²) in [6, 6.07) is 3.51. The zero-order valence-corrected chi connectivity index (χ0v) is 10.6. The van der Waals surface area contributed by atoms with Crippen LogP contribution >= 0.6 is 0 Å². The van der Waals surface area contributed by atoms with Crippen molar-refractivity contribution >= 4 is 16.7 Å². The van der Waals surface area contributed by atoms with Crippen LogP contribution in [-0.2, 0) is 0 Å². The second kappa shape index (κ2) is 3.72. The molecule has 2 N–H and O–H groups in total. The average Bonchev–Trinajstić information content (AvgIpc) is 2.93. The molecular weight excluding hydrogens is 224 g/mol. The molecule has 2 saturated heterocycles. The Morgan fingerprint density at radius 2 is 2.06 bits per heavy atom. The number of aromatic amines is 1. The number of nitrogens with one attached hydrogen (secondary N) is 2. The SMILES string of the molecule is Cc1c[nH]c2nccc(N3CC4CCC(C3)N4)c12. The lowest BCUT2D eigenvalue weighted by atomic mass is 10.1. The molecular formula is C14H18N4. The molecule has 2 fully saturated rings. The molecule has 2 atom stereocenters. The minimum absolute atomic E-state index is 0.672. The fourth-order valence-corrected chi connectivity index (χ4v) is 3.46. The van der Waals surface area contributed by atoms with E-state index in [1.54, 1.807) is 0 Å². The van der Waals surface area contributed by atoms with Crippen molar-refractivity contribution in [1.82, 2.24) is 15.3 Å². The Balaban J connectivity index is 1.80. The first-order chi connectivity index (χ1) is 8.81. The zero-order valence-electron chi connectivity index (χ0n) is 10.6. The van der Waals surface area contributed by atoms with Crippen molar-refractivity contribution in [3.8, 4) is 0 Å². The highest BCUT2D eigenvalue weighted by Crippen LogP contribution is 2.31. The maximum atomic E-state index is 4.41. The first-order valence-electron chi connectivity index (χ1n) is 6.75. The summed E-state index contributed by atoms with van der Waals surface area (Å²) in [6.45, 7) is 4.40. The van der Waals surface area contributed by atoms with E-state index in [-0.39, 0.29) is 0 Å². The summed E-state index contributed by atoms with van der Waals surface area (Å²) in [7, 11) is 0. The van der Waals surface area contributed by atoms with E-state index < -0.39 is 0 Å². The first-order valence-corrected chi connectivity index (χ1v) is 6.75. The van der Waals surface area contributed by atoms with Crippen molar-refractivity contribution < 1.29 is 0 Å². The third-order valence-electron chi connectivity index (χ3n) is 4.31. The Bertz CT molecular complexity index is 576. The van der Waals surface area contributed by atoms with Gasteiger partial charge in [0, 0.05) is 48.6 Å². The molecule has 2 aromatic heterocycles. The molecule has 4 nitrogen and oxygen atoms in total. The molecule has 18 heavy (non-hydrogen) atoms. The predicted molar refractivity (Wildman–Crippen MR) is 73.0 cm³/mol. The summed E-state index contributed by atoms with van der Waals surface area (Å²) in [4.78, 5) is 10.2. The maximum Gasteiger partial charge on any atom is 0.139 e. The minimum atomic E-state index is 0.672. The highest BCUT2D eigenvalue weighted by molar-refractivity contribution is 5.92. The zero-order chi connectivity index (χ0) is 12.1.